The van der Waals surface area contributed by atoms with Crippen LogP contribution >= 0.6 is 0 Å². The van der Waals surface area contributed by atoms with Crippen LogP contribution in [0.3, 0.4) is 0 Å². The minimum absolute atomic E-state index is 0.163. The number of piperidine rings is 1. The lowest BCUT2D eigenvalue weighted by atomic mass is 10.1. The minimum atomic E-state index is -0.163. The summed E-state index contributed by atoms with van der Waals surface area (Å²) in [4.78, 5) is 2.28. The van der Waals surface area contributed by atoms with Crippen LogP contribution < -0.4 is 0 Å². The van der Waals surface area contributed by atoms with E-state index in [0.717, 1.165) is 38.2 Å². The Morgan fingerprint density at radius 3 is 3.12 bits per heavy atom. The van der Waals surface area contributed by atoms with E-state index >= 15 is 0 Å². The molecule has 1 fully saturated rings. The van der Waals surface area contributed by atoms with Gasteiger partial charge in [-0.2, -0.15) is 5.10 Å². The average Bonchev–Trinajstić information content (AvgIpc) is 2.60. The molecule has 0 aliphatic carbocycles. The van der Waals surface area contributed by atoms with Crippen LogP contribution in [0.25, 0.3) is 6.20 Å². The quantitative estimate of drug-likeness (QED) is 0.835. The number of aryl methyl sites for hydroxylation is 1. The Morgan fingerprint density at radius 2 is 2.50 bits per heavy atom. The SMILES string of the molecule is C=Cn1cc(CN2CCCC(O)C2)c(C)n1. The van der Waals surface area contributed by atoms with Crippen LogP contribution in [0.5, 0.6) is 0 Å². The molecule has 1 aromatic heterocycles. The molecule has 0 bridgehead atoms. The predicted molar refractivity (Wildman–Crippen MR) is 63.9 cm³/mol. The van der Waals surface area contributed by atoms with Crippen molar-refractivity contribution in [3.8, 4) is 0 Å². The molecule has 1 N–H and O–H groups in total. The molecule has 0 spiro atoms. The molecule has 4 heteroatoms. The van der Waals surface area contributed by atoms with Gasteiger partial charge in [0.25, 0.3) is 0 Å². The monoisotopic (exact) mass is 221 g/mol. The van der Waals surface area contributed by atoms with Crippen LogP contribution in [-0.4, -0.2) is 39.0 Å². The summed E-state index contributed by atoms with van der Waals surface area (Å²) in [5.74, 6) is 0. The van der Waals surface area contributed by atoms with Gasteiger partial charge in [-0.3, -0.25) is 4.90 Å². The van der Waals surface area contributed by atoms with Crippen molar-refractivity contribution in [2.45, 2.75) is 32.4 Å². The lowest BCUT2D eigenvalue weighted by Crippen LogP contribution is -2.37. The van der Waals surface area contributed by atoms with Gasteiger partial charge in [-0.1, -0.05) is 6.58 Å². The highest BCUT2D eigenvalue weighted by Gasteiger charge is 2.18. The van der Waals surface area contributed by atoms with Crippen molar-refractivity contribution in [2.24, 2.45) is 0 Å². The lowest BCUT2D eigenvalue weighted by Gasteiger charge is -2.29. The van der Waals surface area contributed by atoms with Gasteiger partial charge in [-0.25, -0.2) is 4.68 Å². The molecule has 88 valence electrons. The first-order valence-electron chi connectivity index (χ1n) is 5.76. The third-order valence-corrected chi connectivity index (χ3v) is 3.08. The molecule has 1 aliphatic rings. The number of β-amino-alcohol motifs (C(OH)–C–C–N with tert-alkyl or cyclic N) is 1. The molecular formula is C12H19N3O. The fourth-order valence-corrected chi connectivity index (χ4v) is 2.18. The molecule has 4 nitrogen and oxygen atoms in total. The van der Waals surface area contributed by atoms with E-state index < -0.39 is 0 Å². The van der Waals surface area contributed by atoms with E-state index in [0.29, 0.717) is 0 Å². The fourth-order valence-electron chi connectivity index (χ4n) is 2.18. The van der Waals surface area contributed by atoms with E-state index in [-0.39, 0.29) is 6.10 Å². The summed E-state index contributed by atoms with van der Waals surface area (Å²) < 4.78 is 1.74. The molecule has 0 saturated carbocycles. The van der Waals surface area contributed by atoms with Crippen molar-refractivity contribution in [3.63, 3.8) is 0 Å². The van der Waals surface area contributed by atoms with Crippen molar-refractivity contribution in [2.75, 3.05) is 13.1 Å². The van der Waals surface area contributed by atoms with Gasteiger partial charge in [0.1, 0.15) is 0 Å². The number of rotatable bonds is 3. The summed E-state index contributed by atoms with van der Waals surface area (Å²) >= 11 is 0. The molecule has 16 heavy (non-hydrogen) atoms. The summed E-state index contributed by atoms with van der Waals surface area (Å²) in [5.41, 5.74) is 2.26. The summed E-state index contributed by atoms with van der Waals surface area (Å²) in [6, 6.07) is 0. The Hall–Kier alpha value is -1.13. The number of aliphatic hydroxyl groups is 1. The third kappa shape index (κ3) is 2.51. The van der Waals surface area contributed by atoms with Crippen molar-refractivity contribution in [3.05, 3.63) is 24.0 Å². The summed E-state index contributed by atoms with van der Waals surface area (Å²) in [7, 11) is 0. The van der Waals surface area contributed by atoms with Crippen molar-refractivity contribution in [1.82, 2.24) is 14.7 Å². The second-order valence-electron chi connectivity index (χ2n) is 4.43. The highest BCUT2D eigenvalue weighted by Crippen LogP contribution is 2.15. The number of nitrogens with zero attached hydrogens (tertiary/aromatic N) is 3. The normalized spacial score (nSPS) is 22.2. The largest absolute Gasteiger partial charge is 0.392 e. The molecule has 1 aliphatic heterocycles. The minimum Gasteiger partial charge on any atom is -0.392 e. The van der Waals surface area contributed by atoms with Gasteiger partial charge in [0.15, 0.2) is 0 Å². The average molecular weight is 221 g/mol. The highest BCUT2D eigenvalue weighted by molar-refractivity contribution is 5.23. The Morgan fingerprint density at radius 1 is 1.69 bits per heavy atom. The zero-order valence-corrected chi connectivity index (χ0v) is 9.76. The Bertz CT molecular complexity index is 372. The number of hydrogen-bond acceptors (Lipinski definition) is 3. The van der Waals surface area contributed by atoms with Crippen molar-refractivity contribution in [1.29, 1.82) is 0 Å². The molecule has 2 heterocycles. The zero-order valence-electron chi connectivity index (χ0n) is 9.76. The van der Waals surface area contributed by atoms with E-state index in [1.807, 2.05) is 13.1 Å². The van der Waals surface area contributed by atoms with Gasteiger partial charge in [-0.15, -0.1) is 0 Å². The maximum atomic E-state index is 9.60. The van der Waals surface area contributed by atoms with Crippen LogP contribution in [0.2, 0.25) is 0 Å². The lowest BCUT2D eigenvalue weighted by molar-refractivity contribution is 0.0667. The van der Waals surface area contributed by atoms with E-state index in [2.05, 4.69) is 16.6 Å². The van der Waals surface area contributed by atoms with E-state index in [4.69, 9.17) is 0 Å². The molecule has 1 unspecified atom stereocenters. The van der Waals surface area contributed by atoms with Gasteiger partial charge >= 0.3 is 0 Å². The van der Waals surface area contributed by atoms with Crippen LogP contribution in [0.4, 0.5) is 0 Å². The Balaban J connectivity index is 2.02. The van der Waals surface area contributed by atoms with Crippen molar-refractivity contribution < 1.29 is 5.11 Å². The first-order valence-corrected chi connectivity index (χ1v) is 5.76. The molecule has 1 saturated heterocycles. The second kappa shape index (κ2) is 4.80. The second-order valence-corrected chi connectivity index (χ2v) is 4.43. The maximum absolute atomic E-state index is 9.60. The molecule has 1 aromatic rings. The van der Waals surface area contributed by atoms with Crippen LogP contribution in [0.15, 0.2) is 12.8 Å². The van der Waals surface area contributed by atoms with Gasteiger partial charge in [-0.05, 0) is 26.3 Å². The van der Waals surface area contributed by atoms with Crippen LogP contribution in [0.1, 0.15) is 24.1 Å². The number of aromatic nitrogens is 2. The van der Waals surface area contributed by atoms with Gasteiger partial charge in [0.05, 0.1) is 11.8 Å². The first kappa shape index (κ1) is 11.4. The van der Waals surface area contributed by atoms with E-state index in [1.54, 1.807) is 10.9 Å². The number of likely N-dealkylation sites (tertiary alicyclic amines) is 1. The summed E-state index contributed by atoms with van der Waals surface area (Å²) in [5, 5.41) is 13.9. The highest BCUT2D eigenvalue weighted by atomic mass is 16.3. The zero-order chi connectivity index (χ0) is 11.5. The number of hydrogen-bond donors (Lipinski definition) is 1. The number of aliphatic hydroxyl groups excluding tert-OH is 1. The Labute approximate surface area is 96.2 Å². The van der Waals surface area contributed by atoms with Gasteiger partial charge in [0.2, 0.25) is 0 Å². The van der Waals surface area contributed by atoms with Gasteiger partial charge < -0.3 is 5.11 Å². The van der Waals surface area contributed by atoms with E-state index in [1.165, 1.54) is 5.56 Å². The smallest absolute Gasteiger partial charge is 0.0667 e. The molecular weight excluding hydrogens is 202 g/mol. The Kier molecular flexibility index (Phi) is 3.41. The molecule has 0 amide bonds. The van der Waals surface area contributed by atoms with E-state index in [9.17, 15) is 5.11 Å². The summed E-state index contributed by atoms with van der Waals surface area (Å²) in [6.45, 7) is 8.41. The molecule has 1 atom stereocenters. The summed E-state index contributed by atoms with van der Waals surface area (Å²) in [6.07, 6.45) is 5.55. The molecule has 2 rings (SSSR count). The van der Waals surface area contributed by atoms with Gasteiger partial charge in [0, 0.05) is 31.0 Å². The van der Waals surface area contributed by atoms with Crippen molar-refractivity contribution >= 4 is 6.20 Å². The topological polar surface area (TPSA) is 41.3 Å². The standard InChI is InChI=1S/C12H19N3O/c1-3-15-8-11(10(2)13-15)7-14-6-4-5-12(16)9-14/h3,8,12,16H,1,4-7,9H2,2H3. The van der Waals surface area contributed by atoms with Crippen LogP contribution in [0, 0.1) is 6.92 Å². The predicted octanol–water partition coefficient (Wildman–Crippen LogP) is 1.25. The molecule has 0 radical (unpaired) electrons. The maximum Gasteiger partial charge on any atom is 0.0667 e. The fraction of sp³-hybridized carbons (Fsp3) is 0.583. The third-order valence-electron chi connectivity index (χ3n) is 3.08. The molecule has 0 aromatic carbocycles. The van der Waals surface area contributed by atoms with Crippen LogP contribution in [-0.2, 0) is 6.54 Å². The first-order chi connectivity index (χ1) is 7.69.